The summed E-state index contributed by atoms with van der Waals surface area (Å²) in [6.07, 6.45) is 0.174. The Morgan fingerprint density at radius 2 is 2.14 bits per heavy atom. The number of benzene rings is 1. The van der Waals surface area contributed by atoms with Gasteiger partial charge in [-0.05, 0) is 31.2 Å². The number of amides is 2. The van der Waals surface area contributed by atoms with Crippen molar-refractivity contribution in [3.63, 3.8) is 0 Å². The number of aromatic nitrogens is 2. The number of hydrogen-bond acceptors (Lipinski definition) is 8. The lowest BCUT2D eigenvalue weighted by Crippen LogP contribution is -2.28. The van der Waals surface area contributed by atoms with Crippen LogP contribution in [0.4, 0.5) is 10.8 Å². The van der Waals surface area contributed by atoms with Crippen molar-refractivity contribution >= 4 is 45.7 Å². The largest absolute Gasteiger partial charge is 0.494 e. The van der Waals surface area contributed by atoms with Crippen molar-refractivity contribution in [3.8, 4) is 5.75 Å². The summed E-state index contributed by atoms with van der Waals surface area (Å²) in [5.41, 5.74) is 0.761. The molecule has 10 heteroatoms. The van der Waals surface area contributed by atoms with Crippen LogP contribution in [-0.4, -0.2) is 54.6 Å². The van der Waals surface area contributed by atoms with Crippen LogP contribution in [0.25, 0.3) is 0 Å². The van der Waals surface area contributed by atoms with Gasteiger partial charge in [0.2, 0.25) is 16.9 Å². The molecule has 0 aliphatic carbocycles. The average molecular weight is 423 g/mol. The topological polar surface area (TPSA) is 93.7 Å². The number of ether oxygens (including phenoxy) is 2. The zero-order chi connectivity index (χ0) is 19.9. The van der Waals surface area contributed by atoms with Gasteiger partial charge in [-0.1, -0.05) is 23.1 Å². The minimum atomic E-state index is -0.424. The molecule has 1 fully saturated rings. The van der Waals surface area contributed by atoms with E-state index in [-0.39, 0.29) is 18.2 Å². The molecule has 0 radical (unpaired) electrons. The molecular formula is C18H22N4O4S2. The van der Waals surface area contributed by atoms with E-state index in [4.69, 9.17) is 9.47 Å². The van der Waals surface area contributed by atoms with Gasteiger partial charge in [-0.2, -0.15) is 0 Å². The summed E-state index contributed by atoms with van der Waals surface area (Å²) in [4.78, 5) is 26.6. The summed E-state index contributed by atoms with van der Waals surface area (Å²) in [6, 6.07) is 7.31. The fourth-order valence-electron chi connectivity index (χ4n) is 2.76. The lowest BCUT2D eigenvalue weighted by Gasteiger charge is -2.17. The van der Waals surface area contributed by atoms with E-state index >= 15 is 0 Å². The average Bonchev–Trinajstić information content (AvgIpc) is 3.29. The maximum atomic E-state index is 12.5. The summed E-state index contributed by atoms with van der Waals surface area (Å²) in [6.45, 7) is 3.47. The molecule has 0 saturated carbocycles. The Bertz CT molecular complexity index is 812. The van der Waals surface area contributed by atoms with Gasteiger partial charge in [0.25, 0.3) is 0 Å². The summed E-state index contributed by atoms with van der Waals surface area (Å²) in [5, 5.41) is 11.2. The number of rotatable bonds is 9. The van der Waals surface area contributed by atoms with Crippen molar-refractivity contribution in [1.82, 2.24) is 10.2 Å². The summed E-state index contributed by atoms with van der Waals surface area (Å²) in [7, 11) is 1.64. The molecule has 8 nitrogen and oxygen atoms in total. The van der Waals surface area contributed by atoms with E-state index in [1.165, 1.54) is 23.1 Å². The molecule has 0 spiro atoms. The third-order valence-corrected chi connectivity index (χ3v) is 6.04. The van der Waals surface area contributed by atoms with Crippen molar-refractivity contribution < 1.29 is 19.1 Å². The molecule has 28 heavy (non-hydrogen) atoms. The van der Waals surface area contributed by atoms with E-state index in [1.807, 2.05) is 31.2 Å². The van der Waals surface area contributed by atoms with Crippen LogP contribution in [0.5, 0.6) is 5.75 Å². The minimum absolute atomic E-state index is 0.0719. The Hall–Kier alpha value is -2.17. The predicted molar refractivity (Wildman–Crippen MR) is 109 cm³/mol. The molecule has 0 bridgehead atoms. The number of thioether (sulfide) groups is 1. The van der Waals surface area contributed by atoms with Crippen LogP contribution in [0, 0.1) is 5.92 Å². The van der Waals surface area contributed by atoms with Gasteiger partial charge in [-0.25, -0.2) is 0 Å². The highest BCUT2D eigenvalue weighted by Crippen LogP contribution is 2.29. The maximum absolute atomic E-state index is 12.5. The Kier molecular flexibility index (Phi) is 7.24. The zero-order valence-electron chi connectivity index (χ0n) is 15.7. The SMILES string of the molecule is CCOc1ccc(N2C[C@@H](C(=O)Nc3nnc(SCCOC)s3)CC2=O)cc1. The standard InChI is InChI=1S/C18H22N4O4S2/c1-3-26-14-6-4-13(5-7-14)22-11-12(10-15(22)23)16(24)19-17-20-21-18(28-17)27-9-8-25-2/h4-7,12H,3,8-11H2,1-2H3,(H,19,20,24)/t12-/m0/s1. The molecule has 2 aromatic rings. The normalized spacial score (nSPS) is 16.4. The van der Waals surface area contributed by atoms with Crippen LogP contribution in [-0.2, 0) is 14.3 Å². The molecule has 2 heterocycles. The van der Waals surface area contributed by atoms with Gasteiger partial charge in [0.05, 0.1) is 19.1 Å². The minimum Gasteiger partial charge on any atom is -0.494 e. The molecule has 1 aliphatic heterocycles. The van der Waals surface area contributed by atoms with Gasteiger partial charge >= 0.3 is 0 Å². The molecule has 1 saturated heterocycles. The van der Waals surface area contributed by atoms with Crippen LogP contribution >= 0.6 is 23.1 Å². The summed E-state index contributed by atoms with van der Waals surface area (Å²) < 4.78 is 11.2. The van der Waals surface area contributed by atoms with Gasteiger partial charge in [0, 0.05) is 31.5 Å². The van der Waals surface area contributed by atoms with E-state index in [9.17, 15) is 9.59 Å². The second-order valence-corrected chi connectivity index (χ2v) is 8.36. The molecule has 3 rings (SSSR count). The molecule has 1 aliphatic rings. The number of nitrogens with one attached hydrogen (secondary N) is 1. The van der Waals surface area contributed by atoms with Gasteiger partial charge < -0.3 is 19.7 Å². The van der Waals surface area contributed by atoms with E-state index in [1.54, 1.807) is 12.0 Å². The van der Waals surface area contributed by atoms with Crippen molar-refractivity contribution in [3.05, 3.63) is 24.3 Å². The molecular weight excluding hydrogens is 400 g/mol. The van der Waals surface area contributed by atoms with Gasteiger partial charge in [0.15, 0.2) is 4.34 Å². The van der Waals surface area contributed by atoms with Crippen LogP contribution in [0.1, 0.15) is 13.3 Å². The molecule has 1 aromatic carbocycles. The number of anilines is 2. The first-order valence-electron chi connectivity index (χ1n) is 8.90. The lowest BCUT2D eigenvalue weighted by molar-refractivity contribution is -0.122. The second-order valence-electron chi connectivity index (χ2n) is 6.04. The zero-order valence-corrected chi connectivity index (χ0v) is 17.3. The maximum Gasteiger partial charge on any atom is 0.231 e. The molecule has 1 aromatic heterocycles. The smallest absolute Gasteiger partial charge is 0.231 e. The number of carbonyl (C=O) groups excluding carboxylic acids is 2. The number of nitrogens with zero attached hydrogens (tertiary/aromatic N) is 3. The Morgan fingerprint density at radius 3 is 2.86 bits per heavy atom. The monoisotopic (exact) mass is 422 g/mol. The number of methoxy groups -OCH3 is 1. The first-order chi connectivity index (χ1) is 13.6. The molecule has 2 amide bonds. The predicted octanol–water partition coefficient (Wildman–Crippen LogP) is 2.67. The Labute approximate surface area is 171 Å². The van der Waals surface area contributed by atoms with E-state index in [0.29, 0.717) is 24.9 Å². The van der Waals surface area contributed by atoms with E-state index < -0.39 is 5.92 Å². The highest BCUT2D eigenvalue weighted by Gasteiger charge is 2.35. The summed E-state index contributed by atoms with van der Waals surface area (Å²) >= 11 is 2.84. The van der Waals surface area contributed by atoms with Crippen molar-refractivity contribution in [2.24, 2.45) is 5.92 Å². The van der Waals surface area contributed by atoms with Crippen LogP contribution < -0.4 is 15.0 Å². The first-order valence-corrected chi connectivity index (χ1v) is 10.7. The van der Waals surface area contributed by atoms with Crippen molar-refractivity contribution in [2.75, 3.05) is 42.8 Å². The van der Waals surface area contributed by atoms with Crippen molar-refractivity contribution in [1.29, 1.82) is 0 Å². The second kappa shape index (κ2) is 9.85. The van der Waals surface area contributed by atoms with Crippen molar-refractivity contribution in [2.45, 2.75) is 17.7 Å². The fraction of sp³-hybridized carbons (Fsp3) is 0.444. The molecule has 0 unspecified atom stereocenters. The summed E-state index contributed by atoms with van der Waals surface area (Å²) in [5.74, 6) is 0.812. The van der Waals surface area contributed by atoms with Gasteiger partial charge in [-0.15, -0.1) is 10.2 Å². The Balaban J connectivity index is 1.56. The van der Waals surface area contributed by atoms with Crippen LogP contribution in [0.3, 0.4) is 0 Å². The van der Waals surface area contributed by atoms with Crippen LogP contribution in [0.15, 0.2) is 28.6 Å². The van der Waals surface area contributed by atoms with E-state index in [2.05, 4.69) is 15.5 Å². The Morgan fingerprint density at radius 1 is 1.36 bits per heavy atom. The highest BCUT2D eigenvalue weighted by atomic mass is 32.2. The molecule has 150 valence electrons. The first kappa shape index (κ1) is 20.6. The fourth-order valence-corrected chi connectivity index (χ4v) is 4.49. The molecule has 1 atom stereocenters. The van der Waals surface area contributed by atoms with Gasteiger partial charge in [-0.3, -0.25) is 9.59 Å². The lowest BCUT2D eigenvalue weighted by atomic mass is 10.1. The number of hydrogen-bond donors (Lipinski definition) is 1. The third-order valence-electron chi connectivity index (χ3n) is 4.10. The number of carbonyl (C=O) groups is 2. The van der Waals surface area contributed by atoms with Gasteiger partial charge in [0.1, 0.15) is 5.75 Å². The quantitative estimate of drug-likeness (QED) is 0.377. The molecule has 1 N–H and O–H groups in total. The van der Waals surface area contributed by atoms with E-state index in [0.717, 1.165) is 21.5 Å². The van der Waals surface area contributed by atoms with Crippen LogP contribution in [0.2, 0.25) is 0 Å². The highest BCUT2D eigenvalue weighted by molar-refractivity contribution is 8.01. The third kappa shape index (κ3) is 5.21.